The van der Waals surface area contributed by atoms with Gasteiger partial charge in [-0.25, -0.2) is 4.98 Å². The number of ether oxygens (including phenoxy) is 2. The number of hydrogen-bond donors (Lipinski definition) is 0. The van der Waals surface area contributed by atoms with Crippen LogP contribution in [0, 0.1) is 6.92 Å². The maximum Gasteiger partial charge on any atom is 0.218 e. The summed E-state index contributed by atoms with van der Waals surface area (Å²) in [4.78, 5) is 7.23. The number of fused-ring (bicyclic) bond motifs is 2. The van der Waals surface area contributed by atoms with Crippen LogP contribution in [0.4, 0.5) is 0 Å². The second kappa shape index (κ2) is 7.34. The Bertz CT molecular complexity index is 906. The molecule has 4 heteroatoms. The van der Waals surface area contributed by atoms with E-state index in [2.05, 4.69) is 48.2 Å². The van der Waals surface area contributed by atoms with Gasteiger partial charge in [-0.2, -0.15) is 0 Å². The predicted octanol–water partition coefficient (Wildman–Crippen LogP) is 3.99. The molecular weight excluding hydrogens is 324 g/mol. The molecule has 0 spiro atoms. The Morgan fingerprint density at radius 2 is 2.00 bits per heavy atom. The lowest BCUT2D eigenvalue weighted by atomic mass is 10.1. The SMILES string of the molecule is COc1ccc(CCN2CCOc3nc4c(C)cccc4cc3C2)cc1. The minimum atomic E-state index is 0.681. The minimum absolute atomic E-state index is 0.681. The highest BCUT2D eigenvalue weighted by Crippen LogP contribution is 2.27. The highest BCUT2D eigenvalue weighted by Gasteiger charge is 2.17. The second-order valence-electron chi connectivity index (χ2n) is 6.82. The molecule has 1 aliphatic rings. The zero-order valence-electron chi connectivity index (χ0n) is 15.4. The molecule has 2 aromatic carbocycles. The molecule has 0 saturated heterocycles. The van der Waals surface area contributed by atoms with Gasteiger partial charge in [0.1, 0.15) is 12.4 Å². The van der Waals surface area contributed by atoms with E-state index < -0.39 is 0 Å². The van der Waals surface area contributed by atoms with Crippen LogP contribution in [0.1, 0.15) is 16.7 Å². The number of benzene rings is 2. The first-order chi connectivity index (χ1) is 12.7. The standard InChI is InChI=1S/C22H24N2O2/c1-16-4-3-5-18-14-19-15-24(12-13-26-22(19)23-21(16)18)11-10-17-6-8-20(25-2)9-7-17/h3-9,14H,10-13,15H2,1-2H3. The largest absolute Gasteiger partial charge is 0.497 e. The first kappa shape index (κ1) is 16.9. The normalized spacial score (nSPS) is 14.5. The number of hydrogen-bond acceptors (Lipinski definition) is 4. The van der Waals surface area contributed by atoms with Crippen LogP contribution in [-0.2, 0) is 13.0 Å². The Kier molecular flexibility index (Phi) is 4.76. The fourth-order valence-electron chi connectivity index (χ4n) is 3.47. The first-order valence-electron chi connectivity index (χ1n) is 9.10. The number of nitrogens with zero attached hydrogens (tertiary/aromatic N) is 2. The third kappa shape index (κ3) is 3.51. The average molecular weight is 348 g/mol. The topological polar surface area (TPSA) is 34.6 Å². The maximum absolute atomic E-state index is 5.95. The third-order valence-corrected chi connectivity index (χ3v) is 5.00. The van der Waals surface area contributed by atoms with Crippen molar-refractivity contribution in [1.29, 1.82) is 0 Å². The number of pyridine rings is 1. The number of aryl methyl sites for hydroxylation is 1. The van der Waals surface area contributed by atoms with Gasteiger partial charge in [0.25, 0.3) is 0 Å². The van der Waals surface area contributed by atoms with Crippen molar-refractivity contribution in [2.75, 3.05) is 26.8 Å². The molecule has 0 amide bonds. The van der Waals surface area contributed by atoms with E-state index in [4.69, 9.17) is 14.5 Å². The van der Waals surface area contributed by atoms with Gasteiger partial charge in [0, 0.05) is 30.6 Å². The van der Waals surface area contributed by atoms with Crippen LogP contribution in [0.2, 0.25) is 0 Å². The summed E-state index contributed by atoms with van der Waals surface area (Å²) in [6.45, 7) is 5.57. The predicted molar refractivity (Wildman–Crippen MR) is 104 cm³/mol. The number of rotatable bonds is 4. The van der Waals surface area contributed by atoms with E-state index in [9.17, 15) is 0 Å². The van der Waals surface area contributed by atoms with Crippen molar-refractivity contribution in [2.45, 2.75) is 19.9 Å². The van der Waals surface area contributed by atoms with Crippen LogP contribution in [0.3, 0.4) is 0 Å². The van der Waals surface area contributed by atoms with Crippen molar-refractivity contribution in [3.63, 3.8) is 0 Å². The van der Waals surface area contributed by atoms with Crippen molar-refractivity contribution >= 4 is 10.9 Å². The molecule has 4 nitrogen and oxygen atoms in total. The van der Waals surface area contributed by atoms with Gasteiger partial charge in [0.2, 0.25) is 5.88 Å². The van der Waals surface area contributed by atoms with Crippen LogP contribution in [0.5, 0.6) is 11.6 Å². The fraction of sp³-hybridized carbons (Fsp3) is 0.318. The summed E-state index contributed by atoms with van der Waals surface area (Å²) in [5.74, 6) is 1.69. The van der Waals surface area contributed by atoms with Crippen molar-refractivity contribution in [3.05, 3.63) is 65.2 Å². The smallest absolute Gasteiger partial charge is 0.218 e. The van der Waals surface area contributed by atoms with Crippen LogP contribution in [0.25, 0.3) is 10.9 Å². The van der Waals surface area contributed by atoms with E-state index in [1.807, 2.05) is 12.1 Å². The van der Waals surface area contributed by atoms with Gasteiger partial charge >= 0.3 is 0 Å². The maximum atomic E-state index is 5.95. The lowest BCUT2D eigenvalue weighted by Crippen LogP contribution is -2.27. The molecule has 26 heavy (non-hydrogen) atoms. The Balaban J connectivity index is 1.50. The molecule has 0 N–H and O–H groups in total. The van der Waals surface area contributed by atoms with E-state index in [1.54, 1.807) is 7.11 Å². The van der Waals surface area contributed by atoms with Crippen molar-refractivity contribution in [2.24, 2.45) is 0 Å². The Labute approximate surface area is 154 Å². The molecule has 2 heterocycles. The zero-order valence-corrected chi connectivity index (χ0v) is 15.4. The Morgan fingerprint density at radius 1 is 1.15 bits per heavy atom. The molecule has 0 fully saturated rings. The van der Waals surface area contributed by atoms with Gasteiger partial charge in [0.05, 0.1) is 12.6 Å². The summed E-state index contributed by atoms with van der Waals surface area (Å²) >= 11 is 0. The molecule has 0 aliphatic carbocycles. The summed E-state index contributed by atoms with van der Waals surface area (Å²) in [5, 5.41) is 1.18. The monoisotopic (exact) mass is 348 g/mol. The number of para-hydroxylation sites is 1. The van der Waals surface area contributed by atoms with Gasteiger partial charge in [-0.3, -0.25) is 4.90 Å². The molecule has 0 unspecified atom stereocenters. The lowest BCUT2D eigenvalue weighted by Gasteiger charge is -2.19. The average Bonchev–Trinajstić information content (AvgIpc) is 2.87. The van der Waals surface area contributed by atoms with Gasteiger partial charge in [-0.05, 0) is 42.7 Å². The summed E-state index contributed by atoms with van der Waals surface area (Å²) in [6, 6.07) is 16.9. The molecule has 3 aromatic rings. The molecule has 0 bridgehead atoms. The van der Waals surface area contributed by atoms with Gasteiger partial charge in [-0.1, -0.05) is 30.3 Å². The molecule has 0 saturated carbocycles. The molecule has 134 valence electrons. The molecule has 0 atom stereocenters. The third-order valence-electron chi connectivity index (χ3n) is 5.00. The fourth-order valence-corrected chi connectivity index (χ4v) is 3.47. The van der Waals surface area contributed by atoms with Gasteiger partial charge < -0.3 is 9.47 Å². The highest BCUT2D eigenvalue weighted by atomic mass is 16.5. The minimum Gasteiger partial charge on any atom is -0.497 e. The zero-order chi connectivity index (χ0) is 17.9. The van der Waals surface area contributed by atoms with Crippen molar-refractivity contribution in [3.8, 4) is 11.6 Å². The Morgan fingerprint density at radius 3 is 2.81 bits per heavy atom. The van der Waals surface area contributed by atoms with Crippen molar-refractivity contribution in [1.82, 2.24) is 9.88 Å². The molecule has 1 aliphatic heterocycles. The van der Waals surface area contributed by atoms with Crippen molar-refractivity contribution < 1.29 is 9.47 Å². The summed E-state index contributed by atoms with van der Waals surface area (Å²) in [7, 11) is 1.70. The highest BCUT2D eigenvalue weighted by molar-refractivity contribution is 5.83. The summed E-state index contributed by atoms with van der Waals surface area (Å²) in [6.07, 6.45) is 1.01. The quantitative estimate of drug-likeness (QED) is 0.714. The van der Waals surface area contributed by atoms with E-state index in [0.29, 0.717) is 6.61 Å². The van der Waals surface area contributed by atoms with E-state index in [1.165, 1.54) is 22.1 Å². The molecular formula is C22H24N2O2. The first-order valence-corrected chi connectivity index (χ1v) is 9.10. The molecule has 4 rings (SSSR count). The van der Waals surface area contributed by atoms with Gasteiger partial charge in [-0.15, -0.1) is 0 Å². The summed E-state index contributed by atoms with van der Waals surface area (Å²) in [5.41, 5.74) is 4.73. The number of aromatic nitrogens is 1. The van der Waals surface area contributed by atoms with Crippen LogP contribution in [0.15, 0.2) is 48.5 Å². The second-order valence-corrected chi connectivity index (χ2v) is 6.82. The van der Waals surface area contributed by atoms with E-state index in [-0.39, 0.29) is 0 Å². The molecule has 0 radical (unpaired) electrons. The molecule has 1 aromatic heterocycles. The lowest BCUT2D eigenvalue weighted by molar-refractivity contribution is 0.225. The number of methoxy groups -OCH3 is 1. The van der Waals surface area contributed by atoms with Crippen LogP contribution < -0.4 is 9.47 Å². The van der Waals surface area contributed by atoms with Gasteiger partial charge in [0.15, 0.2) is 0 Å². The van der Waals surface area contributed by atoms with Crippen LogP contribution >= 0.6 is 0 Å². The van der Waals surface area contributed by atoms with E-state index >= 15 is 0 Å². The van der Waals surface area contributed by atoms with E-state index in [0.717, 1.165) is 43.2 Å². The Hall–Kier alpha value is -2.59. The summed E-state index contributed by atoms with van der Waals surface area (Å²) < 4.78 is 11.2. The van der Waals surface area contributed by atoms with Crippen LogP contribution in [-0.4, -0.2) is 36.7 Å².